The molecule has 1 fully saturated rings. The second-order valence-corrected chi connectivity index (χ2v) is 6.69. The Bertz CT molecular complexity index is 714. The summed E-state index contributed by atoms with van der Waals surface area (Å²) in [5.41, 5.74) is -0.970. The normalized spacial score (nSPS) is 18.6. The van der Waals surface area contributed by atoms with Gasteiger partial charge in [0.15, 0.2) is 5.41 Å². The number of halogens is 2. The van der Waals surface area contributed by atoms with Gasteiger partial charge in [0.2, 0.25) is 11.8 Å². The third-order valence-corrected chi connectivity index (χ3v) is 4.83. The number of nitrogens with one attached hydrogen (secondary N) is 2. The number of carbonyl (C=O) groups excluding carboxylic acids is 3. The van der Waals surface area contributed by atoms with Crippen LogP contribution in [0.3, 0.4) is 0 Å². The summed E-state index contributed by atoms with van der Waals surface area (Å²) in [7, 11) is 2.87. The predicted molar refractivity (Wildman–Crippen MR) is 106 cm³/mol. The van der Waals surface area contributed by atoms with Crippen molar-refractivity contribution in [3.8, 4) is 0 Å². The third-order valence-electron chi connectivity index (χ3n) is 4.83. The minimum atomic E-state index is -1.52. The maximum absolute atomic E-state index is 14.4. The second-order valence-electron chi connectivity index (χ2n) is 6.69. The zero-order chi connectivity index (χ0) is 22.2. The van der Waals surface area contributed by atoms with Gasteiger partial charge in [0.05, 0.1) is 24.9 Å². The summed E-state index contributed by atoms with van der Waals surface area (Å²) in [6, 6.07) is 1.33. The van der Waals surface area contributed by atoms with Crippen LogP contribution < -0.4 is 15.5 Å². The summed E-state index contributed by atoms with van der Waals surface area (Å²) in [6.45, 7) is 7.01. The molecule has 162 valence electrons. The Morgan fingerprint density at radius 1 is 1.21 bits per heavy atom. The zero-order valence-corrected chi connectivity index (χ0v) is 17.3. The van der Waals surface area contributed by atoms with Crippen molar-refractivity contribution in [3.05, 3.63) is 29.3 Å². The first-order valence-corrected chi connectivity index (χ1v) is 9.42. The molecule has 3 rings (SSSR count). The minimum absolute atomic E-state index is 0.0963. The molecular formula is C20H29F2N3O4. The van der Waals surface area contributed by atoms with Crippen LogP contribution in [0.2, 0.25) is 0 Å². The molecule has 0 aromatic heterocycles. The molecule has 1 aromatic carbocycles. The molecule has 2 N–H and O–H groups in total. The van der Waals surface area contributed by atoms with Gasteiger partial charge in [-0.15, -0.1) is 0 Å². The Morgan fingerprint density at radius 2 is 1.76 bits per heavy atom. The van der Waals surface area contributed by atoms with E-state index in [1.165, 1.54) is 26.6 Å². The lowest BCUT2D eigenvalue weighted by molar-refractivity contribution is -0.147. The van der Waals surface area contributed by atoms with E-state index < -0.39 is 34.9 Å². The van der Waals surface area contributed by atoms with Crippen LogP contribution in [-0.2, 0) is 25.5 Å². The highest BCUT2D eigenvalue weighted by Gasteiger charge is 2.58. The first kappa shape index (κ1) is 24.5. The Kier molecular flexibility index (Phi) is 9.16. The van der Waals surface area contributed by atoms with Gasteiger partial charge in [-0.1, -0.05) is 20.3 Å². The summed E-state index contributed by atoms with van der Waals surface area (Å²) >= 11 is 0. The standard InChI is InChI=1S/C16H19F2N3O3.C3H8.CH2O/c1-19-14(22)16(15(23)20-2)7-9-5-10(17)6-11(18)13(9)21-3-4-24-8-12(16)21;1-3-2;1-2/h5-6,12H,3-4,7-8H2,1-2H3,(H,19,22)(H,20,23);3H2,1-2H3;1H2. The van der Waals surface area contributed by atoms with Crippen LogP contribution in [-0.4, -0.2) is 58.5 Å². The number of ether oxygens (including phenoxy) is 1. The van der Waals surface area contributed by atoms with Crippen LogP contribution in [0.15, 0.2) is 12.1 Å². The van der Waals surface area contributed by atoms with Gasteiger partial charge < -0.3 is 25.1 Å². The van der Waals surface area contributed by atoms with E-state index in [1.54, 1.807) is 4.90 Å². The number of carbonyl (C=O) groups is 3. The van der Waals surface area contributed by atoms with Gasteiger partial charge in [-0.05, 0) is 11.6 Å². The van der Waals surface area contributed by atoms with E-state index >= 15 is 0 Å². The van der Waals surface area contributed by atoms with Crippen LogP contribution in [0.5, 0.6) is 0 Å². The lowest BCUT2D eigenvalue weighted by Crippen LogP contribution is -2.68. The molecule has 0 aliphatic carbocycles. The number of nitrogens with zero attached hydrogens (tertiary/aromatic N) is 1. The van der Waals surface area contributed by atoms with Crippen molar-refractivity contribution < 1.29 is 27.9 Å². The molecule has 1 atom stereocenters. The van der Waals surface area contributed by atoms with Crippen LogP contribution in [0.25, 0.3) is 0 Å². The second kappa shape index (κ2) is 10.8. The number of fused-ring (bicyclic) bond motifs is 3. The zero-order valence-electron chi connectivity index (χ0n) is 17.3. The summed E-state index contributed by atoms with van der Waals surface area (Å²) in [5, 5.41) is 5.03. The van der Waals surface area contributed by atoms with Crippen molar-refractivity contribution in [1.82, 2.24) is 10.6 Å². The van der Waals surface area contributed by atoms with Gasteiger partial charge in [-0.2, -0.15) is 0 Å². The van der Waals surface area contributed by atoms with Crippen molar-refractivity contribution in [1.29, 1.82) is 0 Å². The molecular weight excluding hydrogens is 384 g/mol. The number of rotatable bonds is 2. The van der Waals surface area contributed by atoms with E-state index in [-0.39, 0.29) is 18.7 Å². The molecule has 7 nitrogen and oxygen atoms in total. The summed E-state index contributed by atoms with van der Waals surface area (Å²) in [5.74, 6) is -2.43. The highest BCUT2D eigenvalue weighted by atomic mass is 19.1. The lowest BCUT2D eigenvalue weighted by atomic mass is 9.69. The van der Waals surface area contributed by atoms with Crippen LogP contribution >= 0.6 is 0 Å². The monoisotopic (exact) mass is 413 g/mol. The van der Waals surface area contributed by atoms with Gasteiger partial charge in [0, 0.05) is 33.1 Å². The maximum Gasteiger partial charge on any atom is 0.238 e. The molecule has 1 saturated heterocycles. The number of hydrogen-bond acceptors (Lipinski definition) is 5. The summed E-state index contributed by atoms with van der Waals surface area (Å²) in [4.78, 5) is 35.0. The molecule has 1 aromatic rings. The average Bonchev–Trinajstić information content (AvgIpc) is 2.73. The van der Waals surface area contributed by atoms with E-state index in [9.17, 15) is 18.4 Å². The van der Waals surface area contributed by atoms with Gasteiger partial charge in [-0.25, -0.2) is 8.78 Å². The molecule has 2 aliphatic heterocycles. The SMILES string of the molecule is C=O.CCC.CNC(=O)C1(C(=O)NC)Cc2cc(F)cc(F)c2N2CCOCC21. The van der Waals surface area contributed by atoms with Crippen molar-refractivity contribution in [3.63, 3.8) is 0 Å². The molecule has 0 bridgehead atoms. The summed E-state index contributed by atoms with van der Waals surface area (Å²) in [6.07, 6.45) is 1.15. The number of morpholine rings is 1. The largest absolute Gasteiger partial charge is 0.377 e. The Balaban J connectivity index is 0.000000771. The van der Waals surface area contributed by atoms with Crippen LogP contribution in [0.1, 0.15) is 25.8 Å². The lowest BCUT2D eigenvalue weighted by Gasteiger charge is -2.50. The number of anilines is 1. The Labute approximate surface area is 169 Å². The Morgan fingerprint density at radius 3 is 2.28 bits per heavy atom. The van der Waals surface area contributed by atoms with E-state index in [4.69, 9.17) is 9.53 Å². The van der Waals surface area contributed by atoms with E-state index in [0.717, 1.165) is 6.07 Å². The number of benzene rings is 1. The Hall–Kier alpha value is -2.55. The number of amides is 2. The van der Waals surface area contributed by atoms with Crippen LogP contribution in [0.4, 0.5) is 14.5 Å². The van der Waals surface area contributed by atoms with Crippen molar-refractivity contribution in [2.75, 3.05) is 38.8 Å². The van der Waals surface area contributed by atoms with Crippen molar-refractivity contribution in [2.24, 2.45) is 5.41 Å². The van der Waals surface area contributed by atoms with Gasteiger partial charge >= 0.3 is 0 Å². The van der Waals surface area contributed by atoms with E-state index in [0.29, 0.717) is 18.7 Å². The molecule has 2 heterocycles. The topological polar surface area (TPSA) is 87.7 Å². The fourth-order valence-electron chi connectivity index (χ4n) is 3.79. The quantitative estimate of drug-likeness (QED) is 0.717. The first-order chi connectivity index (χ1) is 13.9. The minimum Gasteiger partial charge on any atom is -0.377 e. The van der Waals surface area contributed by atoms with Gasteiger partial charge in [-0.3, -0.25) is 9.59 Å². The third kappa shape index (κ3) is 4.55. The number of hydrogen-bond donors (Lipinski definition) is 2. The fraction of sp³-hybridized carbons (Fsp3) is 0.550. The molecule has 2 amide bonds. The molecule has 0 spiro atoms. The average molecular weight is 413 g/mol. The maximum atomic E-state index is 14.4. The molecule has 0 radical (unpaired) electrons. The highest BCUT2D eigenvalue weighted by Crippen LogP contribution is 2.44. The van der Waals surface area contributed by atoms with E-state index in [1.807, 2.05) is 6.79 Å². The summed E-state index contributed by atoms with van der Waals surface area (Å²) < 4.78 is 33.6. The first-order valence-electron chi connectivity index (χ1n) is 9.42. The predicted octanol–water partition coefficient (Wildman–Crippen LogP) is 1.44. The fourth-order valence-corrected chi connectivity index (χ4v) is 3.79. The molecule has 0 saturated carbocycles. The van der Waals surface area contributed by atoms with Gasteiger partial charge in [0.1, 0.15) is 18.4 Å². The smallest absolute Gasteiger partial charge is 0.238 e. The molecule has 2 aliphatic rings. The van der Waals surface area contributed by atoms with Gasteiger partial charge in [0.25, 0.3) is 0 Å². The van der Waals surface area contributed by atoms with Crippen molar-refractivity contribution >= 4 is 24.3 Å². The highest BCUT2D eigenvalue weighted by molar-refractivity contribution is 6.07. The molecule has 29 heavy (non-hydrogen) atoms. The van der Waals surface area contributed by atoms with Crippen LogP contribution in [0, 0.1) is 17.0 Å². The molecule has 9 heteroatoms. The van der Waals surface area contributed by atoms with Crippen molar-refractivity contribution in [2.45, 2.75) is 32.7 Å². The van der Waals surface area contributed by atoms with E-state index in [2.05, 4.69) is 24.5 Å². The molecule has 1 unspecified atom stereocenters.